The van der Waals surface area contributed by atoms with E-state index in [1.165, 1.54) is 0 Å². The Hall–Kier alpha value is -1.84. The van der Waals surface area contributed by atoms with E-state index in [1.54, 1.807) is 6.21 Å². The van der Waals surface area contributed by atoms with Crippen molar-refractivity contribution in [3.63, 3.8) is 0 Å². The highest BCUT2D eigenvalue weighted by atomic mass is 15.5. The topological polar surface area (TPSA) is 54.0 Å². The van der Waals surface area contributed by atoms with Gasteiger partial charge in [0.15, 0.2) is 0 Å². The van der Waals surface area contributed by atoms with Crippen LogP contribution in [0.25, 0.3) is 0 Å². The average molecular weight is 246 g/mol. The Labute approximate surface area is 109 Å². The second kappa shape index (κ2) is 6.79. The Morgan fingerprint density at radius 2 is 1.39 bits per heavy atom. The first-order chi connectivity index (χ1) is 8.54. The lowest BCUT2D eigenvalue weighted by molar-refractivity contribution is 0.185. The van der Waals surface area contributed by atoms with E-state index in [-0.39, 0.29) is 0 Å². The van der Waals surface area contributed by atoms with E-state index in [0.717, 1.165) is 11.1 Å². The molecule has 0 aromatic heterocycles. The minimum absolute atomic E-state index is 0.393. The Morgan fingerprint density at radius 1 is 0.944 bits per heavy atom. The molecule has 0 fully saturated rings. The summed E-state index contributed by atoms with van der Waals surface area (Å²) >= 11 is 0. The maximum absolute atomic E-state index is 5.10. The molecule has 0 amide bonds. The van der Waals surface area contributed by atoms with E-state index in [9.17, 15) is 0 Å². The van der Waals surface area contributed by atoms with Gasteiger partial charge < -0.3 is 5.84 Å². The highest BCUT2D eigenvalue weighted by Gasteiger charge is 2.08. The lowest BCUT2D eigenvalue weighted by Crippen LogP contribution is -2.32. The predicted molar refractivity (Wildman–Crippen MR) is 77.9 cm³/mol. The molecule has 0 heterocycles. The molecule has 0 aliphatic rings. The molecule has 98 valence electrons. The molecule has 2 N–H and O–H groups in total. The van der Waals surface area contributed by atoms with Crippen LogP contribution in [0.5, 0.6) is 0 Å². The molecule has 1 aromatic carbocycles. The van der Waals surface area contributed by atoms with Crippen LogP contribution >= 0.6 is 0 Å². The zero-order valence-electron chi connectivity index (χ0n) is 11.5. The van der Waals surface area contributed by atoms with E-state index in [1.807, 2.05) is 30.5 Å². The number of nitrogens with zero attached hydrogens (tertiary/aromatic N) is 3. The first kappa shape index (κ1) is 14.2. The van der Waals surface area contributed by atoms with Crippen LogP contribution in [-0.4, -0.2) is 29.5 Å². The summed E-state index contributed by atoms with van der Waals surface area (Å²) in [6.07, 6.45) is 3.50. The Kier molecular flexibility index (Phi) is 5.36. The summed E-state index contributed by atoms with van der Waals surface area (Å²) in [6.45, 7) is 8.55. The number of nitrogens with two attached hydrogens (primary N) is 1. The van der Waals surface area contributed by atoms with Crippen molar-refractivity contribution in [2.75, 3.05) is 0 Å². The van der Waals surface area contributed by atoms with Crippen molar-refractivity contribution >= 4 is 12.4 Å². The van der Waals surface area contributed by atoms with Crippen molar-refractivity contribution in [3.05, 3.63) is 35.4 Å². The fourth-order valence-corrected chi connectivity index (χ4v) is 1.75. The van der Waals surface area contributed by atoms with Crippen LogP contribution < -0.4 is 5.84 Å². The summed E-state index contributed by atoms with van der Waals surface area (Å²) in [5, 5.41) is 10.1. The van der Waals surface area contributed by atoms with E-state index in [2.05, 4.69) is 42.9 Å². The van der Waals surface area contributed by atoms with Crippen LogP contribution in [0.15, 0.2) is 34.5 Å². The molecule has 0 saturated carbocycles. The molecule has 1 aromatic rings. The zero-order chi connectivity index (χ0) is 13.5. The molecule has 0 aliphatic heterocycles. The third-order valence-electron chi connectivity index (χ3n) is 2.56. The fraction of sp³-hybridized carbons (Fsp3) is 0.429. The molecule has 0 spiro atoms. The van der Waals surface area contributed by atoms with Crippen molar-refractivity contribution in [2.45, 2.75) is 39.8 Å². The standard InChI is InChI=1S/C14H22N4/c1-11(2)18(12(3)4)17-10-14-7-5-13(6-8-14)9-16-15/h5-12H,15H2,1-4H3/b16-9+,17-10+. The molecule has 0 bridgehead atoms. The van der Waals surface area contributed by atoms with Gasteiger partial charge in [-0.25, -0.2) is 0 Å². The van der Waals surface area contributed by atoms with Gasteiger partial charge >= 0.3 is 0 Å². The minimum atomic E-state index is 0.393. The number of benzene rings is 1. The van der Waals surface area contributed by atoms with E-state index >= 15 is 0 Å². The monoisotopic (exact) mass is 246 g/mol. The molecule has 0 radical (unpaired) electrons. The molecule has 0 aliphatic carbocycles. The third kappa shape index (κ3) is 4.20. The van der Waals surface area contributed by atoms with Gasteiger partial charge in [-0.05, 0) is 38.8 Å². The number of rotatable bonds is 5. The van der Waals surface area contributed by atoms with Crippen LogP contribution in [-0.2, 0) is 0 Å². The molecule has 1 rings (SSSR count). The van der Waals surface area contributed by atoms with Gasteiger partial charge in [0.05, 0.1) is 12.4 Å². The average Bonchev–Trinajstić information content (AvgIpc) is 2.31. The highest BCUT2D eigenvalue weighted by molar-refractivity contribution is 5.83. The molecule has 18 heavy (non-hydrogen) atoms. The first-order valence-electron chi connectivity index (χ1n) is 6.20. The summed E-state index contributed by atoms with van der Waals surface area (Å²) in [4.78, 5) is 0. The van der Waals surface area contributed by atoms with Crippen LogP contribution in [0.3, 0.4) is 0 Å². The smallest absolute Gasteiger partial charge is 0.0543 e. The highest BCUT2D eigenvalue weighted by Crippen LogP contribution is 2.06. The van der Waals surface area contributed by atoms with Crippen LogP contribution in [0.2, 0.25) is 0 Å². The van der Waals surface area contributed by atoms with Gasteiger partial charge in [-0.1, -0.05) is 24.3 Å². The van der Waals surface area contributed by atoms with E-state index < -0.39 is 0 Å². The van der Waals surface area contributed by atoms with Crippen molar-refractivity contribution in [1.29, 1.82) is 0 Å². The first-order valence-corrected chi connectivity index (χ1v) is 6.20. The third-order valence-corrected chi connectivity index (χ3v) is 2.56. The predicted octanol–water partition coefficient (Wildman–Crippen LogP) is 2.43. The lowest BCUT2D eigenvalue weighted by atomic mass is 10.2. The normalized spacial score (nSPS) is 12.1. The SMILES string of the molecule is CC(C)N(/N=C/c1ccc(/C=N/N)cc1)C(C)C. The maximum atomic E-state index is 5.10. The van der Waals surface area contributed by atoms with E-state index in [0.29, 0.717) is 12.1 Å². The summed E-state index contributed by atoms with van der Waals surface area (Å²) < 4.78 is 0. The van der Waals surface area contributed by atoms with Gasteiger partial charge in [0.1, 0.15) is 0 Å². The van der Waals surface area contributed by atoms with Crippen molar-refractivity contribution in [1.82, 2.24) is 5.01 Å². The van der Waals surface area contributed by atoms with Gasteiger partial charge in [-0.2, -0.15) is 10.2 Å². The Balaban J connectivity index is 2.76. The Morgan fingerprint density at radius 3 is 1.78 bits per heavy atom. The number of hydrazone groups is 2. The Bertz CT molecular complexity index is 396. The van der Waals surface area contributed by atoms with Crippen LogP contribution in [0.1, 0.15) is 38.8 Å². The molecule has 0 atom stereocenters. The quantitative estimate of drug-likeness (QED) is 0.493. The van der Waals surface area contributed by atoms with E-state index in [4.69, 9.17) is 5.84 Å². The summed E-state index contributed by atoms with van der Waals surface area (Å²) in [5.74, 6) is 5.10. The largest absolute Gasteiger partial charge is 0.323 e. The number of hydrogen-bond donors (Lipinski definition) is 1. The second-order valence-electron chi connectivity index (χ2n) is 4.76. The minimum Gasteiger partial charge on any atom is -0.323 e. The molecule has 0 saturated heterocycles. The lowest BCUT2D eigenvalue weighted by Gasteiger charge is -2.27. The van der Waals surface area contributed by atoms with Crippen LogP contribution in [0.4, 0.5) is 0 Å². The van der Waals surface area contributed by atoms with Gasteiger partial charge in [0.2, 0.25) is 0 Å². The van der Waals surface area contributed by atoms with Crippen molar-refractivity contribution in [2.24, 2.45) is 16.0 Å². The van der Waals surface area contributed by atoms with Crippen molar-refractivity contribution in [3.8, 4) is 0 Å². The molecular formula is C14H22N4. The van der Waals surface area contributed by atoms with Gasteiger partial charge in [-0.3, -0.25) is 5.01 Å². The van der Waals surface area contributed by atoms with Crippen LogP contribution in [0, 0.1) is 0 Å². The van der Waals surface area contributed by atoms with Gasteiger partial charge in [0.25, 0.3) is 0 Å². The maximum Gasteiger partial charge on any atom is 0.0543 e. The molecular weight excluding hydrogens is 224 g/mol. The van der Waals surface area contributed by atoms with Gasteiger partial charge in [-0.15, -0.1) is 0 Å². The fourth-order valence-electron chi connectivity index (χ4n) is 1.75. The summed E-state index contributed by atoms with van der Waals surface area (Å²) in [5.41, 5.74) is 2.05. The molecule has 4 nitrogen and oxygen atoms in total. The van der Waals surface area contributed by atoms with Gasteiger partial charge in [0, 0.05) is 12.1 Å². The summed E-state index contributed by atoms with van der Waals surface area (Å²) in [7, 11) is 0. The van der Waals surface area contributed by atoms with Crippen molar-refractivity contribution < 1.29 is 0 Å². The molecule has 4 heteroatoms. The zero-order valence-corrected chi connectivity index (χ0v) is 11.5. The second-order valence-corrected chi connectivity index (χ2v) is 4.76. The molecule has 0 unspecified atom stereocenters. The number of hydrogen-bond acceptors (Lipinski definition) is 4. The summed E-state index contributed by atoms with van der Waals surface area (Å²) in [6, 6.07) is 8.72.